The monoisotopic (exact) mass is 533 g/mol. The van der Waals surface area contributed by atoms with Crippen LogP contribution < -0.4 is 15.7 Å². The molecule has 3 aromatic rings. The van der Waals surface area contributed by atoms with Gasteiger partial charge < -0.3 is 14.5 Å². The minimum absolute atomic E-state index is 0.0234. The van der Waals surface area contributed by atoms with Gasteiger partial charge in [0.05, 0.1) is 35.0 Å². The van der Waals surface area contributed by atoms with Crippen LogP contribution in [0.25, 0.3) is 22.2 Å². The number of benzene rings is 1. The third-order valence-electron chi connectivity index (χ3n) is 4.92. The Balaban J connectivity index is 2.36. The summed E-state index contributed by atoms with van der Waals surface area (Å²) in [6.45, 7) is 2.86. The van der Waals surface area contributed by atoms with E-state index >= 15 is 0 Å². The van der Waals surface area contributed by atoms with Crippen molar-refractivity contribution in [3.05, 3.63) is 50.8 Å². The number of halogens is 3. The average molecular weight is 533 g/mol. The molecule has 1 amide bonds. The van der Waals surface area contributed by atoms with Crippen molar-refractivity contribution in [1.82, 2.24) is 19.4 Å². The van der Waals surface area contributed by atoms with Crippen molar-refractivity contribution in [3.8, 4) is 11.3 Å². The second kappa shape index (κ2) is 9.77. The Morgan fingerprint density at radius 2 is 1.89 bits per heavy atom. The van der Waals surface area contributed by atoms with Crippen LogP contribution in [0.15, 0.2) is 34.0 Å². The van der Waals surface area contributed by atoms with Gasteiger partial charge in [0, 0.05) is 24.9 Å². The minimum atomic E-state index is -4.88. The summed E-state index contributed by atoms with van der Waals surface area (Å²) in [4.78, 5) is 40.4. The second-order valence-electron chi connectivity index (χ2n) is 7.86. The lowest BCUT2D eigenvalue weighted by Crippen LogP contribution is -2.56. The Morgan fingerprint density at radius 1 is 1.22 bits per heavy atom. The van der Waals surface area contributed by atoms with Crippen LogP contribution in [0.3, 0.4) is 0 Å². The molecule has 0 fully saturated rings. The first-order valence-electron chi connectivity index (χ1n) is 10.3. The Labute approximate surface area is 201 Å². The maximum atomic E-state index is 14.0. The third-order valence-corrected chi connectivity index (χ3v) is 5.86. The fourth-order valence-corrected chi connectivity index (χ4v) is 4.21. The molecule has 0 spiro atoms. The van der Waals surface area contributed by atoms with E-state index in [4.69, 9.17) is 9.47 Å². The number of sulfonamides is 1. The van der Waals surface area contributed by atoms with E-state index in [-0.39, 0.29) is 27.4 Å². The number of methoxy groups -OCH3 is 1. The molecule has 0 bridgehead atoms. The first-order valence-corrected chi connectivity index (χ1v) is 12.1. The van der Waals surface area contributed by atoms with Crippen LogP contribution in [0.4, 0.5) is 18.0 Å². The van der Waals surface area contributed by atoms with Gasteiger partial charge in [-0.3, -0.25) is 9.48 Å². The van der Waals surface area contributed by atoms with E-state index in [1.165, 1.54) is 24.1 Å². The molecule has 0 saturated heterocycles. The molecular formula is C20H22F3N5O7S. The number of hydrogen-bond donors (Lipinski definition) is 1. The van der Waals surface area contributed by atoms with Crippen LogP contribution in [-0.4, -0.2) is 60.5 Å². The summed E-state index contributed by atoms with van der Waals surface area (Å²) >= 11 is 0. The van der Waals surface area contributed by atoms with Crippen LogP contribution in [0.2, 0.25) is 0 Å². The van der Waals surface area contributed by atoms with Gasteiger partial charge in [-0.05, 0) is 32.0 Å². The Morgan fingerprint density at radius 3 is 2.44 bits per heavy atom. The molecule has 2 aromatic heterocycles. The Kier molecular flexibility index (Phi) is 7.31. The maximum absolute atomic E-state index is 14.0. The lowest BCUT2D eigenvalue weighted by molar-refractivity contribution is -0.137. The van der Waals surface area contributed by atoms with E-state index < -0.39 is 62.2 Å². The first-order chi connectivity index (χ1) is 16.7. The van der Waals surface area contributed by atoms with Crippen LogP contribution in [-0.2, 0) is 25.7 Å². The van der Waals surface area contributed by atoms with Crippen LogP contribution in [0.1, 0.15) is 25.5 Å². The molecule has 196 valence electrons. The smallest absolute Gasteiger partial charge is 0.444 e. The van der Waals surface area contributed by atoms with Crippen LogP contribution in [0.5, 0.6) is 0 Å². The number of fused-ring (bicyclic) bond motifs is 1. The number of aromatic nitrogens is 4. The zero-order valence-electron chi connectivity index (χ0n) is 19.5. The first kappa shape index (κ1) is 26.9. The molecule has 0 unspecified atom stereocenters. The van der Waals surface area contributed by atoms with Gasteiger partial charge in [0.2, 0.25) is 0 Å². The number of H-pyrrole nitrogens is 1. The summed E-state index contributed by atoms with van der Waals surface area (Å²) in [5.41, 5.74) is -4.94. The molecule has 3 rings (SSSR count). The molecule has 1 aromatic carbocycles. The van der Waals surface area contributed by atoms with Crippen LogP contribution in [0, 0.1) is 0 Å². The van der Waals surface area contributed by atoms with E-state index in [0.29, 0.717) is 12.3 Å². The van der Waals surface area contributed by atoms with E-state index in [0.717, 1.165) is 6.07 Å². The van der Waals surface area contributed by atoms with Gasteiger partial charge >= 0.3 is 18.0 Å². The molecule has 36 heavy (non-hydrogen) atoms. The summed E-state index contributed by atoms with van der Waals surface area (Å²) in [5, 5.41) is 3.52. The lowest BCUT2D eigenvalue weighted by atomic mass is 10.0. The normalized spacial score (nSPS) is 12.3. The summed E-state index contributed by atoms with van der Waals surface area (Å²) in [6, 6.07) is 2.40. The van der Waals surface area contributed by atoms with Gasteiger partial charge in [0.25, 0.3) is 15.6 Å². The highest BCUT2D eigenvalue weighted by atomic mass is 32.2. The van der Waals surface area contributed by atoms with Crippen molar-refractivity contribution in [2.24, 2.45) is 0 Å². The fraction of sp³-hybridized carbons (Fsp3) is 0.400. The van der Waals surface area contributed by atoms with Gasteiger partial charge in [0.1, 0.15) is 6.61 Å². The third kappa shape index (κ3) is 5.13. The number of carbonyl (C=O) groups is 1. The zero-order valence-corrected chi connectivity index (χ0v) is 20.3. The van der Waals surface area contributed by atoms with Gasteiger partial charge in [-0.2, -0.15) is 18.3 Å². The number of ether oxygens (including phenoxy) is 2. The highest BCUT2D eigenvalue weighted by Crippen LogP contribution is 2.39. The number of rotatable bonds is 7. The number of alkyl halides is 3. The van der Waals surface area contributed by atoms with E-state index in [9.17, 15) is 36.0 Å². The predicted octanol–water partition coefficient (Wildman–Crippen LogP) is 1.83. The molecule has 0 atom stereocenters. The minimum Gasteiger partial charge on any atom is -0.445 e. The van der Waals surface area contributed by atoms with Gasteiger partial charge in [0.15, 0.2) is 0 Å². The van der Waals surface area contributed by atoms with Crippen molar-refractivity contribution in [2.75, 3.05) is 31.0 Å². The number of carbonyl (C=O) groups excluding carboxylic acids is 1. The van der Waals surface area contributed by atoms with Gasteiger partial charge in [-0.15, -0.1) is 4.68 Å². The molecule has 0 aliphatic carbocycles. The summed E-state index contributed by atoms with van der Waals surface area (Å²) in [5.74, 6) is 0. The van der Waals surface area contributed by atoms with Crippen molar-refractivity contribution in [3.63, 3.8) is 0 Å². The molecule has 12 nitrogen and oxygen atoms in total. The SMILES string of the molecule is COCCOC(=O)N(n1c(=O)[nH]c2cc(C(F)(F)F)c(-c3ccnn3C(C)C)cc2c1=O)S(C)(=O)=O. The quantitative estimate of drug-likeness (QED) is 0.453. The molecule has 16 heteroatoms. The van der Waals surface area contributed by atoms with E-state index in [2.05, 4.69) is 5.10 Å². The number of amides is 1. The largest absolute Gasteiger partial charge is 0.445 e. The highest BCUT2D eigenvalue weighted by molar-refractivity contribution is 7.92. The second-order valence-corrected chi connectivity index (χ2v) is 9.67. The zero-order chi connectivity index (χ0) is 27.0. The van der Waals surface area contributed by atoms with Crippen LogP contribution >= 0.6 is 0 Å². The Bertz CT molecular complexity index is 1520. The van der Waals surface area contributed by atoms with E-state index in [1.54, 1.807) is 13.8 Å². The average Bonchev–Trinajstić information content (AvgIpc) is 3.24. The summed E-state index contributed by atoms with van der Waals surface area (Å²) in [6.07, 6.45) is -4.65. The molecule has 0 saturated carbocycles. The van der Waals surface area contributed by atoms with Crippen molar-refractivity contribution >= 4 is 27.0 Å². The number of nitrogens with one attached hydrogen (secondary N) is 1. The molecule has 0 radical (unpaired) electrons. The fourth-order valence-electron chi connectivity index (χ4n) is 3.44. The molecule has 0 aliphatic rings. The lowest BCUT2D eigenvalue weighted by Gasteiger charge is -2.21. The number of nitrogens with zero attached hydrogens (tertiary/aromatic N) is 4. The maximum Gasteiger partial charge on any atom is 0.444 e. The molecule has 2 heterocycles. The topological polar surface area (TPSA) is 146 Å². The van der Waals surface area contributed by atoms with Gasteiger partial charge in [-0.1, -0.05) is 4.41 Å². The van der Waals surface area contributed by atoms with Crippen molar-refractivity contribution in [1.29, 1.82) is 0 Å². The van der Waals surface area contributed by atoms with Crippen molar-refractivity contribution < 1.29 is 35.9 Å². The predicted molar refractivity (Wildman–Crippen MR) is 122 cm³/mol. The molecule has 0 aliphatic heterocycles. The summed E-state index contributed by atoms with van der Waals surface area (Å²) < 4.78 is 77.0. The van der Waals surface area contributed by atoms with Crippen molar-refractivity contribution in [2.45, 2.75) is 26.1 Å². The van der Waals surface area contributed by atoms with E-state index in [1.807, 2.05) is 4.98 Å². The summed E-state index contributed by atoms with van der Waals surface area (Å²) in [7, 11) is -3.31. The standard InChI is InChI=1S/C20H22F3N5O7S/c1-11(2)26-16(5-6-24-26)12-9-13-15(10-14(12)20(21,22)23)25-18(30)27(17(13)29)28(36(4,32)33)19(31)35-8-7-34-3/h5-6,9-11H,7-8H2,1-4H3,(H,25,30). The van der Waals surface area contributed by atoms with Gasteiger partial charge in [-0.25, -0.2) is 18.0 Å². The highest BCUT2D eigenvalue weighted by Gasteiger charge is 2.36. The Hall–Kier alpha value is -3.66. The molecule has 1 N–H and O–H groups in total. The number of aromatic amines is 1. The number of hydrogen-bond acceptors (Lipinski definition) is 8. The molecular weight excluding hydrogens is 511 g/mol.